The fourth-order valence-electron chi connectivity index (χ4n) is 2.75. The summed E-state index contributed by atoms with van der Waals surface area (Å²) in [5, 5.41) is 9.32. The van der Waals surface area contributed by atoms with Crippen molar-refractivity contribution < 1.29 is 14.6 Å². The number of hydrogen-bond donors (Lipinski definition) is 2. The number of aliphatic carboxylic acids is 1. The van der Waals surface area contributed by atoms with Crippen LogP contribution in [0.1, 0.15) is 26.7 Å². The molecule has 0 radical (unpaired) electrons. The molecule has 5 heteroatoms. The van der Waals surface area contributed by atoms with Gasteiger partial charge in [-0.3, -0.25) is 9.69 Å². The standard InChI is InChI=1S/C12H22N2O3/c1-8-5-14(6-9(2)17-8)7-12(13,11(15)16)10-3-4-10/h8-10H,3-7,13H2,1-2H3,(H,15,16). The van der Waals surface area contributed by atoms with Crippen LogP contribution in [-0.2, 0) is 9.53 Å². The molecule has 1 saturated carbocycles. The van der Waals surface area contributed by atoms with E-state index in [4.69, 9.17) is 10.5 Å². The maximum absolute atomic E-state index is 11.4. The van der Waals surface area contributed by atoms with Crippen molar-refractivity contribution in [2.24, 2.45) is 11.7 Å². The fourth-order valence-corrected chi connectivity index (χ4v) is 2.75. The molecule has 2 rings (SSSR count). The number of nitrogens with zero attached hydrogens (tertiary/aromatic N) is 1. The summed E-state index contributed by atoms with van der Waals surface area (Å²) in [6, 6.07) is 0. The van der Waals surface area contributed by atoms with Crippen LogP contribution in [0.5, 0.6) is 0 Å². The summed E-state index contributed by atoms with van der Waals surface area (Å²) in [7, 11) is 0. The summed E-state index contributed by atoms with van der Waals surface area (Å²) >= 11 is 0. The Morgan fingerprint density at radius 3 is 2.35 bits per heavy atom. The largest absolute Gasteiger partial charge is 0.480 e. The van der Waals surface area contributed by atoms with Crippen molar-refractivity contribution in [3.63, 3.8) is 0 Å². The van der Waals surface area contributed by atoms with Crippen LogP contribution in [0.4, 0.5) is 0 Å². The smallest absolute Gasteiger partial charge is 0.325 e. The zero-order valence-corrected chi connectivity index (χ0v) is 10.6. The number of hydrogen-bond acceptors (Lipinski definition) is 4. The van der Waals surface area contributed by atoms with Gasteiger partial charge in [0.05, 0.1) is 12.2 Å². The van der Waals surface area contributed by atoms with Crippen LogP contribution in [0, 0.1) is 5.92 Å². The summed E-state index contributed by atoms with van der Waals surface area (Å²) in [6.45, 7) is 6.00. The van der Waals surface area contributed by atoms with Crippen LogP contribution in [0.2, 0.25) is 0 Å². The van der Waals surface area contributed by atoms with E-state index in [2.05, 4.69) is 4.90 Å². The van der Waals surface area contributed by atoms with Crippen molar-refractivity contribution in [2.45, 2.75) is 44.4 Å². The van der Waals surface area contributed by atoms with Gasteiger partial charge in [0.15, 0.2) is 0 Å². The highest BCUT2D eigenvalue weighted by Crippen LogP contribution is 2.39. The molecule has 2 fully saturated rings. The van der Waals surface area contributed by atoms with E-state index in [1.54, 1.807) is 0 Å². The lowest BCUT2D eigenvalue weighted by Gasteiger charge is -2.39. The Bertz CT molecular complexity index is 296. The van der Waals surface area contributed by atoms with Gasteiger partial charge in [0.25, 0.3) is 0 Å². The van der Waals surface area contributed by atoms with E-state index >= 15 is 0 Å². The molecule has 98 valence electrons. The molecule has 0 bridgehead atoms. The van der Waals surface area contributed by atoms with Crippen LogP contribution in [0.25, 0.3) is 0 Å². The van der Waals surface area contributed by atoms with Crippen molar-refractivity contribution >= 4 is 5.97 Å². The molecule has 17 heavy (non-hydrogen) atoms. The first-order valence-corrected chi connectivity index (χ1v) is 6.32. The average molecular weight is 242 g/mol. The van der Waals surface area contributed by atoms with Gasteiger partial charge in [-0.15, -0.1) is 0 Å². The third-order valence-corrected chi connectivity index (χ3v) is 3.68. The SMILES string of the molecule is CC1CN(CC(N)(C(=O)O)C2CC2)CC(C)O1. The molecular weight excluding hydrogens is 220 g/mol. The predicted molar refractivity (Wildman–Crippen MR) is 63.7 cm³/mol. The first-order chi connectivity index (χ1) is 7.91. The topological polar surface area (TPSA) is 75.8 Å². The predicted octanol–water partition coefficient (Wildman–Crippen LogP) is 0.288. The number of carboxylic acids is 1. The van der Waals surface area contributed by atoms with Crippen LogP contribution in [0.15, 0.2) is 0 Å². The van der Waals surface area contributed by atoms with Gasteiger partial charge in [0.2, 0.25) is 0 Å². The van der Waals surface area contributed by atoms with Crippen LogP contribution in [0.3, 0.4) is 0 Å². The molecule has 0 spiro atoms. The lowest BCUT2D eigenvalue weighted by Crippen LogP contribution is -2.60. The van der Waals surface area contributed by atoms with E-state index in [0.29, 0.717) is 6.54 Å². The highest BCUT2D eigenvalue weighted by atomic mass is 16.5. The fraction of sp³-hybridized carbons (Fsp3) is 0.917. The zero-order valence-electron chi connectivity index (χ0n) is 10.6. The van der Waals surface area contributed by atoms with Crippen molar-refractivity contribution in [3.8, 4) is 0 Å². The molecule has 3 atom stereocenters. The molecular formula is C12H22N2O3. The van der Waals surface area contributed by atoms with E-state index in [-0.39, 0.29) is 18.1 Å². The molecule has 3 N–H and O–H groups in total. The van der Waals surface area contributed by atoms with E-state index in [0.717, 1.165) is 25.9 Å². The number of ether oxygens (including phenoxy) is 1. The second-order valence-corrected chi connectivity index (χ2v) is 5.57. The van der Waals surface area contributed by atoms with Crippen LogP contribution in [-0.4, -0.2) is 53.4 Å². The zero-order chi connectivity index (χ0) is 12.6. The molecule has 3 unspecified atom stereocenters. The molecule has 0 aromatic heterocycles. The molecule has 1 saturated heterocycles. The Kier molecular flexibility index (Phi) is 3.43. The highest BCUT2D eigenvalue weighted by molar-refractivity contribution is 5.79. The Morgan fingerprint density at radius 2 is 1.94 bits per heavy atom. The molecule has 0 aromatic rings. The second-order valence-electron chi connectivity index (χ2n) is 5.57. The Hall–Kier alpha value is -0.650. The van der Waals surface area contributed by atoms with Gasteiger partial charge in [0.1, 0.15) is 5.54 Å². The maximum Gasteiger partial charge on any atom is 0.325 e. The molecule has 2 aliphatic rings. The van der Waals surface area contributed by atoms with Crippen molar-refractivity contribution in [1.29, 1.82) is 0 Å². The minimum atomic E-state index is -1.07. The molecule has 0 amide bonds. The van der Waals surface area contributed by atoms with Crippen molar-refractivity contribution in [2.75, 3.05) is 19.6 Å². The normalized spacial score (nSPS) is 34.3. The average Bonchev–Trinajstić information content (AvgIpc) is 2.97. The quantitative estimate of drug-likeness (QED) is 0.741. The van der Waals surface area contributed by atoms with Gasteiger partial charge in [-0.25, -0.2) is 0 Å². The number of carboxylic acid groups (broad SMARTS) is 1. The van der Waals surface area contributed by atoms with Crippen LogP contribution < -0.4 is 5.73 Å². The van der Waals surface area contributed by atoms with Gasteiger partial charge in [-0.05, 0) is 32.6 Å². The lowest BCUT2D eigenvalue weighted by molar-refractivity contribution is -0.147. The molecule has 5 nitrogen and oxygen atoms in total. The summed E-state index contributed by atoms with van der Waals surface area (Å²) in [5.74, 6) is -0.722. The lowest BCUT2D eigenvalue weighted by atomic mass is 9.93. The molecule has 1 heterocycles. The van der Waals surface area contributed by atoms with Gasteiger partial charge < -0.3 is 15.6 Å². The first-order valence-electron chi connectivity index (χ1n) is 6.32. The minimum absolute atomic E-state index is 0.147. The Labute approximate surface area is 102 Å². The second kappa shape index (κ2) is 4.55. The Morgan fingerprint density at radius 1 is 1.41 bits per heavy atom. The number of carbonyl (C=O) groups is 1. The summed E-state index contributed by atoms with van der Waals surface area (Å²) in [5.41, 5.74) is 5.01. The monoisotopic (exact) mass is 242 g/mol. The van der Waals surface area contributed by atoms with E-state index in [9.17, 15) is 9.90 Å². The van der Waals surface area contributed by atoms with E-state index < -0.39 is 11.5 Å². The van der Waals surface area contributed by atoms with Crippen molar-refractivity contribution in [3.05, 3.63) is 0 Å². The molecule has 0 aromatic carbocycles. The van der Waals surface area contributed by atoms with Gasteiger partial charge in [-0.2, -0.15) is 0 Å². The third-order valence-electron chi connectivity index (χ3n) is 3.68. The van der Waals surface area contributed by atoms with E-state index in [1.165, 1.54) is 0 Å². The van der Waals surface area contributed by atoms with Gasteiger partial charge >= 0.3 is 5.97 Å². The number of morpholine rings is 1. The highest BCUT2D eigenvalue weighted by Gasteiger charge is 2.49. The Balaban J connectivity index is 2.00. The molecule has 1 aliphatic heterocycles. The third kappa shape index (κ3) is 2.78. The number of rotatable bonds is 4. The van der Waals surface area contributed by atoms with Crippen molar-refractivity contribution in [1.82, 2.24) is 4.90 Å². The van der Waals surface area contributed by atoms with Crippen LogP contribution >= 0.6 is 0 Å². The summed E-state index contributed by atoms with van der Waals surface area (Å²) in [4.78, 5) is 13.5. The summed E-state index contributed by atoms with van der Waals surface area (Å²) in [6.07, 6.45) is 2.18. The van der Waals surface area contributed by atoms with Gasteiger partial charge in [-0.1, -0.05) is 0 Å². The summed E-state index contributed by atoms with van der Waals surface area (Å²) < 4.78 is 5.64. The first kappa shape index (κ1) is 12.8. The van der Waals surface area contributed by atoms with Gasteiger partial charge in [0, 0.05) is 19.6 Å². The molecule has 1 aliphatic carbocycles. The number of nitrogens with two attached hydrogens (primary N) is 1. The van der Waals surface area contributed by atoms with E-state index in [1.807, 2.05) is 13.8 Å². The maximum atomic E-state index is 11.4. The minimum Gasteiger partial charge on any atom is -0.480 e.